The highest BCUT2D eigenvalue weighted by Crippen LogP contribution is 2.26. The van der Waals surface area contributed by atoms with Gasteiger partial charge in [0.05, 0.1) is 12.6 Å². The fourth-order valence-corrected chi connectivity index (χ4v) is 1.99. The topological polar surface area (TPSA) is 57.0 Å². The highest BCUT2D eigenvalue weighted by molar-refractivity contribution is 5.94. The van der Waals surface area contributed by atoms with Crippen molar-refractivity contribution < 1.29 is 13.9 Å². The second-order valence-electron chi connectivity index (χ2n) is 4.72. The predicted molar refractivity (Wildman–Crippen MR) is 76.4 cm³/mol. The SMILES string of the molecule is CCOC(=O)c1nnn(C(C)CC)c1-c1ccc(F)cc1. The van der Waals surface area contributed by atoms with Crippen molar-refractivity contribution in [2.24, 2.45) is 0 Å². The molecule has 0 N–H and O–H groups in total. The summed E-state index contributed by atoms with van der Waals surface area (Å²) in [5.41, 5.74) is 1.40. The van der Waals surface area contributed by atoms with E-state index in [2.05, 4.69) is 10.3 Å². The average molecular weight is 291 g/mol. The van der Waals surface area contributed by atoms with Crippen molar-refractivity contribution >= 4 is 5.97 Å². The van der Waals surface area contributed by atoms with E-state index < -0.39 is 5.97 Å². The van der Waals surface area contributed by atoms with Crippen LogP contribution in [0.2, 0.25) is 0 Å². The van der Waals surface area contributed by atoms with E-state index in [4.69, 9.17) is 4.74 Å². The van der Waals surface area contributed by atoms with Crippen molar-refractivity contribution in [3.63, 3.8) is 0 Å². The van der Waals surface area contributed by atoms with Crippen LogP contribution in [0, 0.1) is 5.82 Å². The number of nitrogens with zero attached hydrogens (tertiary/aromatic N) is 3. The smallest absolute Gasteiger partial charge is 0.361 e. The zero-order chi connectivity index (χ0) is 15.4. The van der Waals surface area contributed by atoms with E-state index in [1.807, 2.05) is 13.8 Å². The van der Waals surface area contributed by atoms with E-state index in [9.17, 15) is 9.18 Å². The fourth-order valence-electron chi connectivity index (χ4n) is 1.99. The van der Waals surface area contributed by atoms with Crippen molar-refractivity contribution in [2.45, 2.75) is 33.2 Å². The zero-order valence-corrected chi connectivity index (χ0v) is 12.3. The maximum absolute atomic E-state index is 13.1. The minimum atomic E-state index is -0.522. The molecule has 1 aromatic heterocycles. The summed E-state index contributed by atoms with van der Waals surface area (Å²) in [5, 5.41) is 8.01. The molecule has 0 aliphatic heterocycles. The van der Waals surface area contributed by atoms with Crippen LogP contribution < -0.4 is 0 Å². The Balaban J connectivity index is 2.55. The molecule has 0 amide bonds. The Morgan fingerprint density at radius 2 is 2.00 bits per heavy atom. The van der Waals surface area contributed by atoms with Gasteiger partial charge in [-0.2, -0.15) is 0 Å². The summed E-state index contributed by atoms with van der Waals surface area (Å²) < 4.78 is 19.8. The van der Waals surface area contributed by atoms with Gasteiger partial charge >= 0.3 is 5.97 Å². The van der Waals surface area contributed by atoms with Crippen LogP contribution in [0.25, 0.3) is 11.3 Å². The Labute approximate surface area is 122 Å². The number of rotatable bonds is 5. The van der Waals surface area contributed by atoms with Crippen molar-refractivity contribution in [2.75, 3.05) is 6.61 Å². The molecule has 0 aliphatic rings. The summed E-state index contributed by atoms with van der Waals surface area (Å²) in [6.07, 6.45) is 0.833. The molecule has 0 bridgehead atoms. The van der Waals surface area contributed by atoms with Gasteiger partial charge in [0.1, 0.15) is 11.5 Å². The molecule has 0 radical (unpaired) electrons. The van der Waals surface area contributed by atoms with Crippen molar-refractivity contribution in [1.29, 1.82) is 0 Å². The molecule has 21 heavy (non-hydrogen) atoms. The highest BCUT2D eigenvalue weighted by Gasteiger charge is 2.24. The van der Waals surface area contributed by atoms with E-state index in [0.29, 0.717) is 11.3 Å². The molecule has 112 valence electrons. The van der Waals surface area contributed by atoms with Crippen LogP contribution in [0.5, 0.6) is 0 Å². The van der Waals surface area contributed by atoms with Gasteiger partial charge in [-0.1, -0.05) is 12.1 Å². The minimum Gasteiger partial charge on any atom is -0.461 e. The van der Waals surface area contributed by atoms with Gasteiger partial charge in [-0.15, -0.1) is 5.10 Å². The Hall–Kier alpha value is -2.24. The number of esters is 1. The number of benzene rings is 1. The van der Waals surface area contributed by atoms with E-state index in [1.54, 1.807) is 23.7 Å². The summed E-state index contributed by atoms with van der Waals surface area (Å²) in [4.78, 5) is 12.0. The predicted octanol–water partition coefficient (Wildman–Crippen LogP) is 3.23. The number of ether oxygens (including phenoxy) is 1. The first-order valence-electron chi connectivity index (χ1n) is 6.96. The number of hydrogen-bond acceptors (Lipinski definition) is 4. The molecule has 2 aromatic rings. The van der Waals surface area contributed by atoms with E-state index >= 15 is 0 Å². The molecule has 1 heterocycles. The first-order chi connectivity index (χ1) is 10.1. The summed E-state index contributed by atoms with van der Waals surface area (Å²) in [6, 6.07) is 5.97. The van der Waals surface area contributed by atoms with Gasteiger partial charge < -0.3 is 4.74 Å². The summed E-state index contributed by atoms with van der Waals surface area (Å²) in [5.74, 6) is -0.856. The molecule has 1 aromatic carbocycles. The Kier molecular flexibility index (Phi) is 4.67. The minimum absolute atomic E-state index is 0.0701. The third-order valence-electron chi connectivity index (χ3n) is 3.29. The van der Waals surface area contributed by atoms with Gasteiger partial charge in [0.2, 0.25) is 0 Å². The van der Waals surface area contributed by atoms with Gasteiger partial charge in [0.15, 0.2) is 5.69 Å². The maximum atomic E-state index is 13.1. The summed E-state index contributed by atoms with van der Waals surface area (Å²) >= 11 is 0. The Morgan fingerprint density at radius 3 is 2.57 bits per heavy atom. The van der Waals surface area contributed by atoms with Crippen LogP contribution in [-0.2, 0) is 4.74 Å². The normalized spacial score (nSPS) is 12.2. The molecule has 0 saturated heterocycles. The second-order valence-corrected chi connectivity index (χ2v) is 4.72. The number of carbonyl (C=O) groups excluding carboxylic acids is 1. The standard InChI is InChI=1S/C15H18FN3O2/c1-4-10(3)19-14(11-6-8-12(16)9-7-11)13(17-18-19)15(20)21-5-2/h6-10H,4-5H2,1-3H3. The Morgan fingerprint density at radius 1 is 1.33 bits per heavy atom. The van der Waals surface area contributed by atoms with E-state index in [-0.39, 0.29) is 24.2 Å². The number of carbonyl (C=O) groups is 1. The van der Waals surface area contributed by atoms with Crippen LogP contribution in [0.1, 0.15) is 43.7 Å². The largest absolute Gasteiger partial charge is 0.461 e. The molecule has 6 heteroatoms. The van der Waals surface area contributed by atoms with E-state index in [0.717, 1.165) is 6.42 Å². The lowest BCUT2D eigenvalue weighted by Crippen LogP contribution is -2.10. The van der Waals surface area contributed by atoms with E-state index in [1.165, 1.54) is 12.1 Å². The molecular formula is C15H18FN3O2. The van der Waals surface area contributed by atoms with Gasteiger partial charge in [-0.3, -0.25) is 0 Å². The molecule has 1 atom stereocenters. The number of hydrogen-bond donors (Lipinski definition) is 0. The van der Waals surface area contributed by atoms with Crippen LogP contribution in [0.4, 0.5) is 4.39 Å². The monoisotopic (exact) mass is 291 g/mol. The molecule has 0 fully saturated rings. The maximum Gasteiger partial charge on any atom is 0.361 e. The molecule has 0 aliphatic carbocycles. The molecule has 0 spiro atoms. The zero-order valence-electron chi connectivity index (χ0n) is 12.3. The van der Waals surface area contributed by atoms with Crippen molar-refractivity contribution in [1.82, 2.24) is 15.0 Å². The highest BCUT2D eigenvalue weighted by atomic mass is 19.1. The summed E-state index contributed by atoms with van der Waals surface area (Å²) in [7, 11) is 0. The quantitative estimate of drug-likeness (QED) is 0.794. The molecule has 1 unspecified atom stereocenters. The second kappa shape index (κ2) is 6.47. The molecule has 0 saturated carbocycles. The lowest BCUT2D eigenvalue weighted by molar-refractivity contribution is 0.0520. The van der Waals surface area contributed by atoms with Gasteiger partial charge in [-0.05, 0) is 44.5 Å². The summed E-state index contributed by atoms with van der Waals surface area (Å²) in [6.45, 7) is 5.99. The van der Waals surface area contributed by atoms with Crippen LogP contribution in [-0.4, -0.2) is 27.6 Å². The van der Waals surface area contributed by atoms with Gasteiger partial charge in [-0.25, -0.2) is 13.9 Å². The van der Waals surface area contributed by atoms with Gasteiger partial charge in [0, 0.05) is 5.56 Å². The third-order valence-corrected chi connectivity index (χ3v) is 3.29. The average Bonchev–Trinajstić information content (AvgIpc) is 2.92. The van der Waals surface area contributed by atoms with Gasteiger partial charge in [0.25, 0.3) is 0 Å². The Bertz CT molecular complexity index is 622. The molecular weight excluding hydrogens is 273 g/mol. The lowest BCUT2D eigenvalue weighted by Gasteiger charge is -2.13. The number of aromatic nitrogens is 3. The third kappa shape index (κ3) is 3.09. The first-order valence-corrected chi connectivity index (χ1v) is 6.96. The van der Waals surface area contributed by atoms with Crippen LogP contribution in [0.15, 0.2) is 24.3 Å². The van der Waals surface area contributed by atoms with Crippen molar-refractivity contribution in [3.05, 3.63) is 35.8 Å². The van der Waals surface area contributed by atoms with Crippen molar-refractivity contribution in [3.8, 4) is 11.3 Å². The molecule has 2 rings (SSSR count). The fraction of sp³-hybridized carbons (Fsp3) is 0.400. The van der Waals surface area contributed by atoms with Crippen LogP contribution >= 0.6 is 0 Å². The van der Waals surface area contributed by atoms with Crippen LogP contribution in [0.3, 0.4) is 0 Å². The number of halogens is 1. The molecule has 5 nitrogen and oxygen atoms in total. The lowest BCUT2D eigenvalue weighted by atomic mass is 10.1. The first kappa shape index (κ1) is 15.2.